The van der Waals surface area contributed by atoms with Crippen molar-refractivity contribution < 1.29 is 25.2 Å². The second kappa shape index (κ2) is 21.1. The Hall–Kier alpha value is -0.200. The third-order valence-corrected chi connectivity index (χ3v) is 4.77. The SMILES string of the molecule is OCC(O)COCCCCCCCCCCCCCCCCCC(O)O. The lowest BCUT2D eigenvalue weighted by Gasteiger charge is -2.08. The summed E-state index contributed by atoms with van der Waals surface area (Å²) in [6, 6.07) is 0. The Labute approximate surface area is 160 Å². The summed E-state index contributed by atoms with van der Waals surface area (Å²) in [5.74, 6) is 0. The van der Waals surface area contributed by atoms with Crippen LogP contribution in [0.1, 0.15) is 103 Å². The van der Waals surface area contributed by atoms with Gasteiger partial charge in [-0.05, 0) is 19.3 Å². The van der Waals surface area contributed by atoms with Crippen LogP contribution in [0.15, 0.2) is 0 Å². The molecule has 0 spiro atoms. The van der Waals surface area contributed by atoms with Gasteiger partial charge in [0.15, 0.2) is 6.29 Å². The number of unbranched alkanes of at least 4 members (excludes halogenated alkanes) is 14. The van der Waals surface area contributed by atoms with Crippen molar-refractivity contribution in [2.45, 2.75) is 115 Å². The minimum Gasteiger partial charge on any atom is -0.394 e. The van der Waals surface area contributed by atoms with E-state index in [4.69, 9.17) is 25.2 Å². The summed E-state index contributed by atoms with van der Waals surface area (Å²) >= 11 is 0. The summed E-state index contributed by atoms with van der Waals surface area (Å²) < 4.78 is 5.28. The van der Waals surface area contributed by atoms with Gasteiger partial charge < -0.3 is 25.2 Å². The monoisotopic (exact) mass is 376 g/mol. The molecule has 26 heavy (non-hydrogen) atoms. The average Bonchev–Trinajstić information content (AvgIpc) is 2.63. The molecule has 1 atom stereocenters. The Balaban J connectivity index is 3.01. The van der Waals surface area contributed by atoms with E-state index in [-0.39, 0.29) is 13.2 Å². The summed E-state index contributed by atoms with van der Waals surface area (Å²) in [5, 5.41) is 35.3. The zero-order valence-corrected chi connectivity index (χ0v) is 16.8. The van der Waals surface area contributed by atoms with E-state index in [1.807, 2.05) is 0 Å². The predicted molar refractivity (Wildman–Crippen MR) is 106 cm³/mol. The van der Waals surface area contributed by atoms with Gasteiger partial charge in [0.25, 0.3) is 0 Å². The second-order valence-corrected chi connectivity index (χ2v) is 7.48. The van der Waals surface area contributed by atoms with Gasteiger partial charge in [0, 0.05) is 6.61 Å². The Morgan fingerprint density at radius 3 is 1.31 bits per heavy atom. The zero-order valence-electron chi connectivity index (χ0n) is 16.8. The molecule has 0 aromatic rings. The molecule has 0 saturated carbocycles. The highest BCUT2D eigenvalue weighted by Crippen LogP contribution is 2.14. The number of aliphatic hydroxyl groups is 4. The van der Waals surface area contributed by atoms with Gasteiger partial charge in [-0.2, -0.15) is 0 Å². The van der Waals surface area contributed by atoms with Gasteiger partial charge in [0.05, 0.1) is 13.2 Å². The van der Waals surface area contributed by atoms with Crippen molar-refractivity contribution in [3.05, 3.63) is 0 Å². The molecule has 5 heteroatoms. The molecule has 0 radical (unpaired) electrons. The van der Waals surface area contributed by atoms with Gasteiger partial charge >= 0.3 is 0 Å². The first-order valence-electron chi connectivity index (χ1n) is 10.9. The summed E-state index contributed by atoms with van der Waals surface area (Å²) in [6.07, 6.45) is 17.4. The van der Waals surface area contributed by atoms with Gasteiger partial charge in [0.1, 0.15) is 6.10 Å². The summed E-state index contributed by atoms with van der Waals surface area (Å²) in [6.45, 7) is 0.696. The zero-order chi connectivity index (χ0) is 19.3. The molecule has 0 aromatic carbocycles. The number of hydrogen-bond donors (Lipinski definition) is 4. The highest BCUT2D eigenvalue weighted by Gasteiger charge is 2.01. The fourth-order valence-corrected chi connectivity index (χ4v) is 3.10. The summed E-state index contributed by atoms with van der Waals surface area (Å²) in [7, 11) is 0. The minimum atomic E-state index is -1.12. The standard InChI is InChI=1S/C21H44O5/c22-18-20(23)19-26-17-15-13-11-9-7-5-3-1-2-4-6-8-10-12-14-16-21(24)25/h20-25H,1-19H2. The maximum atomic E-state index is 9.12. The van der Waals surface area contributed by atoms with E-state index in [0.717, 1.165) is 19.3 Å². The first-order valence-corrected chi connectivity index (χ1v) is 10.9. The van der Waals surface area contributed by atoms with Crippen LogP contribution < -0.4 is 0 Å². The predicted octanol–water partition coefficient (Wildman–Crippen LogP) is 3.91. The van der Waals surface area contributed by atoms with Crippen LogP contribution in [-0.4, -0.2) is 52.6 Å². The van der Waals surface area contributed by atoms with Crippen molar-refractivity contribution in [2.24, 2.45) is 0 Å². The van der Waals surface area contributed by atoms with Crippen molar-refractivity contribution in [2.75, 3.05) is 19.8 Å². The maximum absolute atomic E-state index is 9.12. The topological polar surface area (TPSA) is 90.2 Å². The van der Waals surface area contributed by atoms with Crippen molar-refractivity contribution >= 4 is 0 Å². The van der Waals surface area contributed by atoms with Gasteiger partial charge in [-0.1, -0.05) is 83.5 Å². The molecule has 158 valence electrons. The third kappa shape index (κ3) is 21.8. The van der Waals surface area contributed by atoms with Gasteiger partial charge in [0.2, 0.25) is 0 Å². The first-order chi connectivity index (χ1) is 12.7. The quantitative estimate of drug-likeness (QED) is 0.180. The normalized spacial score (nSPS) is 12.8. The molecule has 0 saturated heterocycles. The number of rotatable bonds is 21. The van der Waals surface area contributed by atoms with E-state index in [9.17, 15) is 0 Å². The lowest BCUT2D eigenvalue weighted by atomic mass is 10.0. The summed E-state index contributed by atoms with van der Waals surface area (Å²) in [5.41, 5.74) is 0. The van der Waals surface area contributed by atoms with E-state index in [0.29, 0.717) is 13.0 Å². The number of hydrogen-bond acceptors (Lipinski definition) is 5. The molecule has 0 rings (SSSR count). The molecule has 0 amide bonds. The molecular formula is C21H44O5. The second-order valence-electron chi connectivity index (χ2n) is 7.48. The Morgan fingerprint density at radius 1 is 0.538 bits per heavy atom. The average molecular weight is 377 g/mol. The molecule has 0 fully saturated rings. The van der Waals surface area contributed by atoms with Crippen molar-refractivity contribution in [3.63, 3.8) is 0 Å². The highest BCUT2D eigenvalue weighted by atomic mass is 16.5. The van der Waals surface area contributed by atoms with Crippen LogP contribution in [0, 0.1) is 0 Å². The van der Waals surface area contributed by atoms with E-state index in [1.165, 1.54) is 77.0 Å². The molecule has 0 heterocycles. The van der Waals surface area contributed by atoms with Crippen LogP contribution in [0.3, 0.4) is 0 Å². The molecule has 0 bridgehead atoms. The van der Waals surface area contributed by atoms with Crippen LogP contribution in [0.5, 0.6) is 0 Å². The smallest absolute Gasteiger partial charge is 0.151 e. The Bertz CT molecular complexity index is 261. The molecular weight excluding hydrogens is 332 g/mol. The van der Waals surface area contributed by atoms with Crippen LogP contribution in [0.25, 0.3) is 0 Å². The fraction of sp³-hybridized carbons (Fsp3) is 1.00. The van der Waals surface area contributed by atoms with Gasteiger partial charge in [-0.3, -0.25) is 0 Å². The molecule has 5 nitrogen and oxygen atoms in total. The number of ether oxygens (including phenoxy) is 1. The van der Waals surface area contributed by atoms with Gasteiger partial charge in [-0.15, -0.1) is 0 Å². The maximum Gasteiger partial charge on any atom is 0.151 e. The Morgan fingerprint density at radius 2 is 0.923 bits per heavy atom. The van der Waals surface area contributed by atoms with E-state index >= 15 is 0 Å². The summed E-state index contributed by atoms with van der Waals surface area (Å²) in [4.78, 5) is 0. The van der Waals surface area contributed by atoms with Crippen LogP contribution in [0.4, 0.5) is 0 Å². The molecule has 0 aliphatic heterocycles. The molecule has 0 aromatic heterocycles. The van der Waals surface area contributed by atoms with Crippen LogP contribution in [0.2, 0.25) is 0 Å². The van der Waals surface area contributed by atoms with Crippen molar-refractivity contribution in [1.82, 2.24) is 0 Å². The lowest BCUT2D eigenvalue weighted by Crippen LogP contribution is -2.19. The van der Waals surface area contributed by atoms with Crippen LogP contribution >= 0.6 is 0 Å². The van der Waals surface area contributed by atoms with Gasteiger partial charge in [-0.25, -0.2) is 0 Å². The van der Waals surface area contributed by atoms with E-state index in [2.05, 4.69) is 0 Å². The minimum absolute atomic E-state index is 0.225. The van der Waals surface area contributed by atoms with E-state index in [1.54, 1.807) is 0 Å². The van der Waals surface area contributed by atoms with E-state index < -0.39 is 12.4 Å². The molecule has 0 aliphatic rings. The van der Waals surface area contributed by atoms with Crippen molar-refractivity contribution in [3.8, 4) is 0 Å². The Kier molecular flexibility index (Phi) is 20.9. The fourth-order valence-electron chi connectivity index (χ4n) is 3.10. The van der Waals surface area contributed by atoms with Crippen LogP contribution in [-0.2, 0) is 4.74 Å². The lowest BCUT2D eigenvalue weighted by molar-refractivity contribution is -0.0466. The van der Waals surface area contributed by atoms with Crippen molar-refractivity contribution in [1.29, 1.82) is 0 Å². The highest BCUT2D eigenvalue weighted by molar-refractivity contribution is 4.51. The molecule has 4 N–H and O–H groups in total. The molecule has 1 unspecified atom stereocenters. The largest absolute Gasteiger partial charge is 0.394 e. The first kappa shape index (κ1) is 25.8. The number of aliphatic hydroxyl groups excluding tert-OH is 3. The molecule has 0 aliphatic carbocycles. The third-order valence-electron chi connectivity index (χ3n) is 4.77.